The minimum absolute atomic E-state index is 0.193. The van der Waals surface area contributed by atoms with Crippen molar-refractivity contribution in [2.75, 3.05) is 25.5 Å². The molecule has 2 heterocycles. The molecule has 9 heteroatoms. The van der Waals surface area contributed by atoms with Crippen molar-refractivity contribution in [3.05, 3.63) is 23.2 Å². The number of hydrogen-bond donors (Lipinski definition) is 1. The van der Waals surface area contributed by atoms with Crippen LogP contribution in [0.5, 0.6) is 0 Å². The summed E-state index contributed by atoms with van der Waals surface area (Å²) in [6, 6.07) is -0.193. The molecule has 1 fully saturated rings. The first-order valence-corrected chi connectivity index (χ1v) is 12.2. The average molecular weight is 457 g/mol. The number of unbranched alkanes of at least 4 members (excludes halogenated alkanes) is 1. The smallest absolute Gasteiger partial charge is 0.410 e. The third kappa shape index (κ3) is 6.99. The number of amides is 1. The van der Waals surface area contributed by atoms with Gasteiger partial charge >= 0.3 is 12.1 Å². The Kier molecular flexibility index (Phi) is 9.64. The van der Waals surface area contributed by atoms with Crippen LogP contribution in [-0.2, 0) is 9.47 Å². The molecule has 0 aromatic carbocycles. The zero-order chi connectivity index (χ0) is 22.1. The van der Waals surface area contributed by atoms with E-state index in [0.29, 0.717) is 24.6 Å². The minimum atomic E-state index is -0.576. The molecule has 1 aliphatic rings. The summed E-state index contributed by atoms with van der Waals surface area (Å²) in [6.07, 6.45) is 5.84. The van der Waals surface area contributed by atoms with Crippen molar-refractivity contribution in [2.24, 2.45) is 5.41 Å². The monoisotopic (exact) mass is 456 g/mol. The lowest BCUT2D eigenvalue weighted by Crippen LogP contribution is -2.35. The molecule has 1 aromatic heterocycles. The van der Waals surface area contributed by atoms with Crippen LogP contribution in [0.1, 0.15) is 57.4 Å². The van der Waals surface area contributed by atoms with E-state index in [1.54, 1.807) is 23.3 Å². The van der Waals surface area contributed by atoms with Gasteiger partial charge in [-0.1, -0.05) is 57.5 Å². The van der Waals surface area contributed by atoms with Crippen molar-refractivity contribution in [1.82, 2.24) is 9.88 Å². The van der Waals surface area contributed by atoms with E-state index in [9.17, 15) is 14.7 Å². The van der Waals surface area contributed by atoms with Gasteiger partial charge in [0.1, 0.15) is 6.61 Å². The highest BCUT2D eigenvalue weighted by atomic mass is 32.2. The van der Waals surface area contributed by atoms with Gasteiger partial charge in [-0.2, -0.15) is 0 Å². The lowest BCUT2D eigenvalue weighted by atomic mass is 9.81. The summed E-state index contributed by atoms with van der Waals surface area (Å²) < 4.78 is 10.9. The maximum atomic E-state index is 12.1. The quantitative estimate of drug-likeness (QED) is 0.284. The van der Waals surface area contributed by atoms with Crippen molar-refractivity contribution >= 4 is 35.2 Å². The van der Waals surface area contributed by atoms with Crippen molar-refractivity contribution in [3.8, 4) is 0 Å². The molecule has 1 aromatic rings. The molecule has 30 heavy (non-hydrogen) atoms. The fourth-order valence-electron chi connectivity index (χ4n) is 3.01. The SMILES string of the molecule is CCCCC(C)(C)[C@H](O)C=C[C@H]1COC(=O)N1CCSc1nc(C(=O)OCC)cs1. The summed E-state index contributed by atoms with van der Waals surface area (Å²) in [4.78, 5) is 29.7. The Morgan fingerprint density at radius 3 is 3.00 bits per heavy atom. The largest absolute Gasteiger partial charge is 0.461 e. The Hall–Kier alpha value is -1.58. The number of nitrogens with zero attached hydrogens (tertiary/aromatic N) is 2. The molecular formula is C21H32N2O5S2. The number of carbonyl (C=O) groups is 2. The van der Waals surface area contributed by atoms with Crippen LogP contribution in [0, 0.1) is 5.41 Å². The highest BCUT2D eigenvalue weighted by Crippen LogP contribution is 2.29. The van der Waals surface area contributed by atoms with Crippen molar-refractivity contribution in [2.45, 2.75) is 63.4 Å². The molecule has 0 saturated carbocycles. The molecule has 0 unspecified atom stereocenters. The van der Waals surface area contributed by atoms with Gasteiger partial charge in [0.05, 0.1) is 18.8 Å². The predicted octanol–water partition coefficient (Wildman–Crippen LogP) is 4.37. The van der Waals surface area contributed by atoms with Crippen molar-refractivity contribution in [3.63, 3.8) is 0 Å². The van der Waals surface area contributed by atoms with E-state index < -0.39 is 12.1 Å². The molecule has 0 radical (unpaired) electrons. The second-order valence-electron chi connectivity index (χ2n) is 7.83. The number of aliphatic hydroxyl groups is 1. The highest BCUT2D eigenvalue weighted by Gasteiger charge is 2.32. The zero-order valence-corrected chi connectivity index (χ0v) is 19.8. The highest BCUT2D eigenvalue weighted by molar-refractivity contribution is 8.01. The van der Waals surface area contributed by atoms with Gasteiger partial charge in [-0.05, 0) is 18.8 Å². The normalized spacial score (nSPS) is 18.1. The van der Waals surface area contributed by atoms with Gasteiger partial charge in [-0.3, -0.25) is 4.90 Å². The van der Waals surface area contributed by atoms with Gasteiger partial charge in [0.15, 0.2) is 10.0 Å². The Morgan fingerprint density at radius 2 is 2.30 bits per heavy atom. The number of thioether (sulfide) groups is 1. The molecule has 2 rings (SSSR count). The standard InChI is InChI=1S/C21H32N2O5S2/c1-5-7-10-21(3,4)17(24)9-8-15-13-28-20(26)23(15)11-12-29-19-22-16(14-30-19)18(25)27-6-2/h8-9,14-15,17,24H,5-7,10-13H2,1-4H3/t15-,17+/m0/s1. The summed E-state index contributed by atoms with van der Waals surface area (Å²) in [5, 5.41) is 12.2. The summed E-state index contributed by atoms with van der Waals surface area (Å²) in [7, 11) is 0. The lowest BCUT2D eigenvalue weighted by molar-refractivity contribution is 0.0519. The van der Waals surface area contributed by atoms with E-state index in [2.05, 4.69) is 25.8 Å². The maximum absolute atomic E-state index is 12.1. The van der Waals surface area contributed by atoms with E-state index in [1.807, 2.05) is 6.08 Å². The molecule has 1 saturated heterocycles. The topological polar surface area (TPSA) is 89.0 Å². The first kappa shape index (κ1) is 24.7. The molecule has 0 bridgehead atoms. The van der Waals surface area contributed by atoms with Crippen LogP contribution in [-0.4, -0.2) is 64.7 Å². The first-order chi connectivity index (χ1) is 14.3. The van der Waals surface area contributed by atoms with Crippen LogP contribution in [0.2, 0.25) is 0 Å². The Bertz CT molecular complexity index is 735. The molecule has 1 N–H and O–H groups in total. The average Bonchev–Trinajstić information content (AvgIpc) is 3.32. The van der Waals surface area contributed by atoms with Crippen LogP contribution in [0.4, 0.5) is 4.79 Å². The second-order valence-corrected chi connectivity index (χ2v) is 10.0. The van der Waals surface area contributed by atoms with Gasteiger partial charge < -0.3 is 14.6 Å². The number of hydrogen-bond acceptors (Lipinski definition) is 8. The molecule has 1 aliphatic heterocycles. The van der Waals surface area contributed by atoms with Crippen LogP contribution in [0.3, 0.4) is 0 Å². The summed E-state index contributed by atoms with van der Waals surface area (Å²) in [5.74, 6) is 0.203. The van der Waals surface area contributed by atoms with E-state index in [0.717, 1.165) is 23.6 Å². The maximum Gasteiger partial charge on any atom is 0.410 e. The van der Waals surface area contributed by atoms with Crippen LogP contribution < -0.4 is 0 Å². The van der Waals surface area contributed by atoms with Gasteiger partial charge in [-0.25, -0.2) is 14.6 Å². The number of aliphatic hydroxyl groups excluding tert-OH is 1. The fraction of sp³-hybridized carbons (Fsp3) is 0.667. The molecule has 2 atom stereocenters. The van der Waals surface area contributed by atoms with E-state index >= 15 is 0 Å². The van der Waals surface area contributed by atoms with Gasteiger partial charge in [-0.15, -0.1) is 11.3 Å². The van der Waals surface area contributed by atoms with Crippen molar-refractivity contribution < 1.29 is 24.2 Å². The Labute approximate surface area is 186 Å². The Balaban J connectivity index is 1.87. The molecule has 0 spiro atoms. The van der Waals surface area contributed by atoms with Crippen molar-refractivity contribution in [1.29, 1.82) is 0 Å². The summed E-state index contributed by atoms with van der Waals surface area (Å²) in [6.45, 7) is 9.09. The van der Waals surface area contributed by atoms with Crippen LogP contribution in [0.15, 0.2) is 21.9 Å². The molecule has 0 aliphatic carbocycles. The molecule has 1 amide bonds. The number of esters is 1. The predicted molar refractivity (Wildman–Crippen MR) is 119 cm³/mol. The molecule has 7 nitrogen and oxygen atoms in total. The van der Waals surface area contributed by atoms with Gasteiger partial charge in [0, 0.05) is 17.7 Å². The number of rotatable bonds is 12. The van der Waals surface area contributed by atoms with Gasteiger partial charge in [0.25, 0.3) is 0 Å². The van der Waals surface area contributed by atoms with E-state index in [4.69, 9.17) is 9.47 Å². The molecular weight excluding hydrogens is 424 g/mol. The lowest BCUT2D eigenvalue weighted by Gasteiger charge is -2.29. The number of carbonyl (C=O) groups excluding carboxylic acids is 2. The zero-order valence-electron chi connectivity index (χ0n) is 18.1. The Morgan fingerprint density at radius 1 is 1.53 bits per heavy atom. The number of ether oxygens (including phenoxy) is 2. The minimum Gasteiger partial charge on any atom is -0.461 e. The first-order valence-electron chi connectivity index (χ1n) is 10.3. The van der Waals surface area contributed by atoms with E-state index in [1.165, 1.54) is 23.1 Å². The van der Waals surface area contributed by atoms with Gasteiger partial charge in [0.2, 0.25) is 0 Å². The number of cyclic esters (lactones) is 1. The summed E-state index contributed by atoms with van der Waals surface area (Å²) >= 11 is 2.86. The van der Waals surface area contributed by atoms with E-state index in [-0.39, 0.29) is 24.2 Å². The third-order valence-electron chi connectivity index (χ3n) is 5.03. The summed E-state index contributed by atoms with van der Waals surface area (Å²) in [5.41, 5.74) is 0.100. The second kappa shape index (κ2) is 11.7. The fourth-order valence-corrected chi connectivity index (χ4v) is 4.81. The number of aromatic nitrogens is 1. The third-order valence-corrected chi connectivity index (χ3v) is 7.03. The molecule has 168 valence electrons. The van der Waals surface area contributed by atoms with Crippen LogP contribution >= 0.6 is 23.1 Å². The van der Waals surface area contributed by atoms with Crippen LogP contribution in [0.25, 0.3) is 0 Å². The number of thiazole rings is 1.